The van der Waals surface area contributed by atoms with Crippen LogP contribution in [0.25, 0.3) is 0 Å². The van der Waals surface area contributed by atoms with Crippen LogP contribution in [0.4, 0.5) is 0 Å². The molecule has 0 unspecified atom stereocenters. The molecule has 1 fully saturated rings. The van der Waals surface area contributed by atoms with E-state index < -0.39 is 17.5 Å². The van der Waals surface area contributed by atoms with E-state index in [1.807, 2.05) is 13.8 Å². The lowest BCUT2D eigenvalue weighted by molar-refractivity contribution is -0.156. The van der Waals surface area contributed by atoms with E-state index in [2.05, 4.69) is 0 Å². The Morgan fingerprint density at radius 1 is 1.31 bits per heavy atom. The van der Waals surface area contributed by atoms with E-state index in [4.69, 9.17) is 5.11 Å². The monoisotopic (exact) mass is 186 g/mol. The maximum Gasteiger partial charge on any atom is 0.309 e. The normalized spacial score (nSPS) is 38.6. The highest BCUT2D eigenvalue weighted by Gasteiger charge is 2.45. The quantitative estimate of drug-likeness (QED) is 0.654. The minimum Gasteiger partial charge on any atom is -0.481 e. The molecule has 1 aliphatic carbocycles. The zero-order valence-electron chi connectivity index (χ0n) is 8.50. The number of rotatable bonds is 1. The average Bonchev–Trinajstić information content (AvgIpc) is 1.79. The van der Waals surface area contributed by atoms with Crippen LogP contribution in [0.15, 0.2) is 0 Å². The molecule has 0 radical (unpaired) electrons. The second kappa shape index (κ2) is 2.98. The van der Waals surface area contributed by atoms with E-state index in [0.29, 0.717) is 19.3 Å². The van der Waals surface area contributed by atoms with Gasteiger partial charge in [-0.1, -0.05) is 13.8 Å². The predicted molar refractivity (Wildman–Crippen MR) is 49.4 cm³/mol. The largest absolute Gasteiger partial charge is 0.481 e. The van der Waals surface area contributed by atoms with Gasteiger partial charge in [-0.3, -0.25) is 4.79 Å². The van der Waals surface area contributed by atoms with Gasteiger partial charge in [0.15, 0.2) is 0 Å². The van der Waals surface area contributed by atoms with E-state index in [1.54, 1.807) is 6.92 Å². The Hall–Kier alpha value is -0.570. The molecule has 1 aliphatic rings. The lowest BCUT2D eigenvalue weighted by atomic mass is 9.63. The number of hydrogen-bond donors (Lipinski definition) is 2. The van der Waals surface area contributed by atoms with Crippen molar-refractivity contribution in [3.8, 4) is 0 Å². The highest BCUT2D eigenvalue weighted by molar-refractivity contribution is 5.74. The third-order valence-electron chi connectivity index (χ3n) is 2.86. The average molecular weight is 186 g/mol. The molecule has 0 heterocycles. The minimum atomic E-state index is -0.792. The molecule has 0 amide bonds. The van der Waals surface area contributed by atoms with Crippen LogP contribution >= 0.6 is 0 Å². The molecule has 0 aromatic rings. The first-order valence-corrected chi connectivity index (χ1v) is 4.67. The van der Waals surface area contributed by atoms with Crippen LogP contribution in [-0.2, 0) is 4.79 Å². The summed E-state index contributed by atoms with van der Waals surface area (Å²) < 4.78 is 0. The van der Waals surface area contributed by atoms with Crippen LogP contribution in [0.1, 0.15) is 40.0 Å². The molecule has 3 heteroatoms. The van der Waals surface area contributed by atoms with Gasteiger partial charge in [-0.25, -0.2) is 0 Å². The molecule has 3 nitrogen and oxygen atoms in total. The Balaban J connectivity index is 2.84. The van der Waals surface area contributed by atoms with Gasteiger partial charge in [0.1, 0.15) is 0 Å². The van der Waals surface area contributed by atoms with Gasteiger partial charge in [0, 0.05) is 0 Å². The van der Waals surface area contributed by atoms with E-state index in [0.717, 1.165) is 0 Å². The molecule has 0 aromatic carbocycles. The Labute approximate surface area is 78.8 Å². The molecule has 0 aromatic heterocycles. The third-order valence-corrected chi connectivity index (χ3v) is 2.86. The number of aliphatic hydroxyl groups excluding tert-OH is 1. The zero-order valence-corrected chi connectivity index (χ0v) is 8.50. The molecule has 0 aliphatic heterocycles. The summed E-state index contributed by atoms with van der Waals surface area (Å²) >= 11 is 0. The van der Waals surface area contributed by atoms with Crippen LogP contribution in [0, 0.1) is 10.8 Å². The van der Waals surface area contributed by atoms with Crippen molar-refractivity contribution in [2.75, 3.05) is 0 Å². The lowest BCUT2D eigenvalue weighted by Crippen LogP contribution is -2.42. The lowest BCUT2D eigenvalue weighted by Gasteiger charge is -2.42. The maximum atomic E-state index is 11.0. The highest BCUT2D eigenvalue weighted by Crippen LogP contribution is 2.46. The van der Waals surface area contributed by atoms with Crippen LogP contribution in [0.5, 0.6) is 0 Å². The van der Waals surface area contributed by atoms with E-state index in [1.165, 1.54) is 0 Å². The first kappa shape index (κ1) is 10.5. The molecule has 1 saturated carbocycles. The molecule has 1 rings (SSSR count). The van der Waals surface area contributed by atoms with Crippen molar-refractivity contribution in [3.63, 3.8) is 0 Å². The SMILES string of the molecule is CC1(C)C[C@@H](O)C[C@@](C)(C(=O)O)C1. The van der Waals surface area contributed by atoms with Crippen molar-refractivity contribution in [2.45, 2.75) is 46.1 Å². The number of carbonyl (C=O) groups is 1. The van der Waals surface area contributed by atoms with Gasteiger partial charge >= 0.3 is 5.97 Å². The first-order chi connectivity index (χ1) is 5.75. The Bertz CT molecular complexity index is 222. The van der Waals surface area contributed by atoms with Crippen molar-refractivity contribution in [2.24, 2.45) is 10.8 Å². The summed E-state index contributed by atoms with van der Waals surface area (Å²) in [6.45, 7) is 5.74. The van der Waals surface area contributed by atoms with Crippen LogP contribution < -0.4 is 0 Å². The van der Waals surface area contributed by atoms with Crippen molar-refractivity contribution in [3.05, 3.63) is 0 Å². The van der Waals surface area contributed by atoms with Gasteiger partial charge in [-0.05, 0) is 31.6 Å². The van der Waals surface area contributed by atoms with Crippen molar-refractivity contribution in [1.29, 1.82) is 0 Å². The molecular formula is C10H18O3. The molecular weight excluding hydrogens is 168 g/mol. The van der Waals surface area contributed by atoms with Crippen molar-refractivity contribution >= 4 is 5.97 Å². The van der Waals surface area contributed by atoms with E-state index in [9.17, 15) is 9.90 Å². The number of carboxylic acids is 1. The van der Waals surface area contributed by atoms with E-state index in [-0.39, 0.29) is 5.41 Å². The van der Waals surface area contributed by atoms with Crippen LogP contribution in [-0.4, -0.2) is 22.3 Å². The highest BCUT2D eigenvalue weighted by atomic mass is 16.4. The van der Waals surface area contributed by atoms with Crippen molar-refractivity contribution in [1.82, 2.24) is 0 Å². The number of carboxylic acid groups (broad SMARTS) is 1. The molecule has 0 saturated heterocycles. The fraction of sp³-hybridized carbons (Fsp3) is 0.900. The van der Waals surface area contributed by atoms with Gasteiger partial charge in [0.25, 0.3) is 0 Å². The van der Waals surface area contributed by atoms with Crippen LogP contribution in [0.3, 0.4) is 0 Å². The third kappa shape index (κ3) is 2.21. The van der Waals surface area contributed by atoms with Crippen LogP contribution in [0.2, 0.25) is 0 Å². The van der Waals surface area contributed by atoms with Crippen molar-refractivity contribution < 1.29 is 15.0 Å². The summed E-state index contributed by atoms with van der Waals surface area (Å²) in [5.74, 6) is -0.792. The van der Waals surface area contributed by atoms with Gasteiger partial charge < -0.3 is 10.2 Å². The zero-order chi connectivity index (χ0) is 10.3. The summed E-state index contributed by atoms with van der Waals surface area (Å²) in [5, 5.41) is 18.6. The summed E-state index contributed by atoms with van der Waals surface area (Å²) in [6, 6.07) is 0. The number of aliphatic carboxylic acids is 1. The predicted octanol–water partition coefficient (Wildman–Crippen LogP) is 1.65. The van der Waals surface area contributed by atoms with Gasteiger partial charge in [-0.2, -0.15) is 0 Å². The molecule has 0 spiro atoms. The molecule has 0 bridgehead atoms. The van der Waals surface area contributed by atoms with Gasteiger partial charge in [-0.15, -0.1) is 0 Å². The standard InChI is InChI=1S/C10H18O3/c1-9(2)4-7(11)5-10(3,6-9)8(12)13/h7,11H,4-6H2,1-3H3,(H,12,13)/t7-,10-/m1/s1. The molecule has 2 atom stereocenters. The minimum absolute atomic E-state index is 0.0647. The fourth-order valence-electron chi connectivity index (χ4n) is 2.59. The Kier molecular flexibility index (Phi) is 2.41. The number of hydrogen-bond acceptors (Lipinski definition) is 2. The molecule has 2 N–H and O–H groups in total. The smallest absolute Gasteiger partial charge is 0.309 e. The van der Waals surface area contributed by atoms with Gasteiger partial charge in [0.05, 0.1) is 11.5 Å². The summed E-state index contributed by atoms with van der Waals surface area (Å²) in [7, 11) is 0. The number of aliphatic hydroxyl groups is 1. The summed E-state index contributed by atoms with van der Waals surface area (Å²) in [4.78, 5) is 11.0. The summed E-state index contributed by atoms with van der Waals surface area (Å²) in [5.41, 5.74) is -0.814. The second-order valence-corrected chi connectivity index (χ2v) is 5.27. The van der Waals surface area contributed by atoms with Gasteiger partial charge in [0.2, 0.25) is 0 Å². The Morgan fingerprint density at radius 2 is 1.85 bits per heavy atom. The Morgan fingerprint density at radius 3 is 2.23 bits per heavy atom. The summed E-state index contributed by atoms with van der Waals surface area (Å²) in [6.07, 6.45) is 1.26. The second-order valence-electron chi connectivity index (χ2n) is 5.27. The first-order valence-electron chi connectivity index (χ1n) is 4.67. The topological polar surface area (TPSA) is 57.5 Å². The maximum absolute atomic E-state index is 11.0. The van der Waals surface area contributed by atoms with E-state index >= 15 is 0 Å². The molecule has 13 heavy (non-hydrogen) atoms. The fourth-order valence-corrected chi connectivity index (χ4v) is 2.59. The molecule has 76 valence electrons.